The maximum Gasteiger partial charge on any atom is 0.349 e. The summed E-state index contributed by atoms with van der Waals surface area (Å²) in [6, 6.07) is 15.8. The number of hydrogen-bond donors (Lipinski definition) is 2. The Morgan fingerprint density at radius 3 is 2.59 bits per heavy atom. The van der Waals surface area contributed by atoms with Gasteiger partial charge < -0.3 is 4.42 Å². The lowest BCUT2D eigenvalue weighted by Crippen LogP contribution is -2.32. The Balaban J connectivity index is 1.87. The predicted octanol–water partition coefficient (Wildman–Crippen LogP) is 3.31. The fourth-order valence-corrected chi connectivity index (χ4v) is 2.35. The molecule has 0 atom stereocenters. The number of carbonyl (C=O) groups is 1. The van der Waals surface area contributed by atoms with Crippen LogP contribution in [-0.2, 0) is 0 Å². The molecule has 2 N–H and O–H groups in total. The van der Waals surface area contributed by atoms with E-state index in [1.807, 2.05) is 18.2 Å². The first-order valence-corrected chi connectivity index (χ1v) is 7.27. The maximum atomic E-state index is 12.1. The van der Waals surface area contributed by atoms with Crippen molar-refractivity contribution in [2.45, 2.75) is 0 Å². The van der Waals surface area contributed by atoms with E-state index in [1.165, 1.54) is 6.07 Å². The van der Waals surface area contributed by atoms with Crippen molar-refractivity contribution in [1.82, 2.24) is 5.43 Å². The molecular formula is C16H11BrN2O3. The Labute approximate surface area is 134 Å². The molecule has 2 aromatic carbocycles. The van der Waals surface area contributed by atoms with E-state index in [0.717, 1.165) is 4.47 Å². The van der Waals surface area contributed by atoms with Crippen LogP contribution in [0.4, 0.5) is 5.69 Å². The predicted molar refractivity (Wildman–Crippen MR) is 87.7 cm³/mol. The number of amides is 1. The van der Waals surface area contributed by atoms with Gasteiger partial charge in [-0.3, -0.25) is 15.6 Å². The Morgan fingerprint density at radius 2 is 1.82 bits per heavy atom. The smallest absolute Gasteiger partial charge is 0.349 e. The summed E-state index contributed by atoms with van der Waals surface area (Å²) in [7, 11) is 0. The van der Waals surface area contributed by atoms with Crippen LogP contribution in [0, 0.1) is 0 Å². The van der Waals surface area contributed by atoms with Crippen molar-refractivity contribution in [1.29, 1.82) is 0 Å². The molecule has 0 saturated carbocycles. The molecule has 0 bridgehead atoms. The van der Waals surface area contributed by atoms with Crippen molar-refractivity contribution < 1.29 is 9.21 Å². The number of anilines is 1. The standard InChI is InChI=1S/C16H11BrN2O3/c17-11-6-7-14-10(8-11)9-13(16(21)22-14)15(20)19-18-12-4-2-1-3-5-12/h1-9,18H,(H,19,20). The van der Waals surface area contributed by atoms with Crippen molar-refractivity contribution in [2.24, 2.45) is 0 Å². The van der Waals surface area contributed by atoms with Crippen molar-refractivity contribution >= 4 is 38.5 Å². The van der Waals surface area contributed by atoms with Crippen LogP contribution in [0.15, 0.2) is 68.3 Å². The highest BCUT2D eigenvalue weighted by atomic mass is 79.9. The van der Waals surface area contributed by atoms with Gasteiger partial charge in [-0.1, -0.05) is 34.1 Å². The quantitative estimate of drug-likeness (QED) is 0.556. The normalized spacial score (nSPS) is 10.4. The molecule has 0 saturated heterocycles. The number of carbonyl (C=O) groups excluding carboxylic acids is 1. The molecule has 0 aliphatic rings. The molecule has 110 valence electrons. The molecule has 1 aromatic heterocycles. The summed E-state index contributed by atoms with van der Waals surface area (Å²) in [5.74, 6) is -0.556. The van der Waals surface area contributed by atoms with E-state index in [4.69, 9.17) is 4.42 Å². The van der Waals surface area contributed by atoms with Crippen molar-refractivity contribution in [2.75, 3.05) is 5.43 Å². The molecule has 3 rings (SSSR count). The van der Waals surface area contributed by atoms with Crippen LogP contribution >= 0.6 is 15.9 Å². The number of nitrogens with one attached hydrogen (secondary N) is 2. The van der Waals surface area contributed by atoms with Crippen LogP contribution in [0.1, 0.15) is 10.4 Å². The second-order valence-electron chi connectivity index (χ2n) is 4.57. The molecule has 1 amide bonds. The Kier molecular flexibility index (Phi) is 3.93. The molecular weight excluding hydrogens is 348 g/mol. The third-order valence-corrected chi connectivity index (χ3v) is 3.53. The molecule has 5 nitrogen and oxygen atoms in total. The lowest BCUT2D eigenvalue weighted by molar-refractivity contribution is 0.0959. The average Bonchev–Trinajstić information content (AvgIpc) is 2.53. The van der Waals surface area contributed by atoms with Crippen LogP contribution < -0.4 is 16.5 Å². The van der Waals surface area contributed by atoms with Crippen LogP contribution in [0.2, 0.25) is 0 Å². The number of hydrazine groups is 1. The monoisotopic (exact) mass is 358 g/mol. The van der Waals surface area contributed by atoms with Gasteiger partial charge in [0.15, 0.2) is 0 Å². The molecule has 0 unspecified atom stereocenters. The third-order valence-electron chi connectivity index (χ3n) is 3.03. The highest BCUT2D eigenvalue weighted by Crippen LogP contribution is 2.19. The van der Waals surface area contributed by atoms with Crippen molar-refractivity contribution in [3.63, 3.8) is 0 Å². The van der Waals surface area contributed by atoms with Gasteiger partial charge in [0.25, 0.3) is 5.91 Å². The Morgan fingerprint density at radius 1 is 1.05 bits per heavy atom. The van der Waals surface area contributed by atoms with E-state index < -0.39 is 11.5 Å². The van der Waals surface area contributed by atoms with Gasteiger partial charge >= 0.3 is 5.63 Å². The molecule has 6 heteroatoms. The first-order valence-electron chi connectivity index (χ1n) is 6.48. The number of fused-ring (bicyclic) bond motifs is 1. The first kappa shape index (κ1) is 14.3. The minimum absolute atomic E-state index is 0.0611. The second kappa shape index (κ2) is 6.03. The van der Waals surface area contributed by atoms with Gasteiger partial charge in [0.05, 0.1) is 5.69 Å². The molecule has 3 aromatic rings. The number of hydrogen-bond acceptors (Lipinski definition) is 4. The number of para-hydroxylation sites is 1. The zero-order chi connectivity index (χ0) is 15.5. The van der Waals surface area contributed by atoms with Gasteiger partial charge in [-0.2, -0.15) is 0 Å². The molecule has 22 heavy (non-hydrogen) atoms. The SMILES string of the molecule is O=C(NNc1ccccc1)c1cc2cc(Br)ccc2oc1=O. The topological polar surface area (TPSA) is 71.3 Å². The first-order chi connectivity index (χ1) is 10.6. The Hall–Kier alpha value is -2.60. The zero-order valence-corrected chi connectivity index (χ0v) is 12.9. The lowest BCUT2D eigenvalue weighted by Gasteiger charge is -2.08. The molecule has 0 spiro atoms. The molecule has 0 fully saturated rings. The van der Waals surface area contributed by atoms with Crippen LogP contribution in [0.25, 0.3) is 11.0 Å². The number of rotatable bonds is 3. The van der Waals surface area contributed by atoms with Crippen LogP contribution in [0.3, 0.4) is 0 Å². The van der Waals surface area contributed by atoms with E-state index in [1.54, 1.807) is 30.3 Å². The van der Waals surface area contributed by atoms with E-state index in [9.17, 15) is 9.59 Å². The average molecular weight is 359 g/mol. The Bertz CT molecular complexity index is 891. The molecule has 0 radical (unpaired) electrons. The van der Waals surface area contributed by atoms with Crippen molar-refractivity contribution in [3.05, 3.63) is 75.1 Å². The van der Waals surface area contributed by atoms with E-state index >= 15 is 0 Å². The van der Waals surface area contributed by atoms with E-state index in [0.29, 0.717) is 16.7 Å². The van der Waals surface area contributed by atoms with Gasteiger partial charge in [-0.05, 0) is 36.4 Å². The summed E-state index contributed by atoms with van der Waals surface area (Å²) < 4.78 is 5.99. The molecule has 0 aliphatic carbocycles. The lowest BCUT2D eigenvalue weighted by atomic mass is 10.2. The van der Waals surface area contributed by atoms with Gasteiger partial charge in [0, 0.05) is 9.86 Å². The summed E-state index contributed by atoms with van der Waals surface area (Å²) in [5, 5.41) is 0.666. The zero-order valence-electron chi connectivity index (χ0n) is 11.3. The fraction of sp³-hybridized carbons (Fsp3) is 0. The van der Waals surface area contributed by atoms with Crippen LogP contribution in [-0.4, -0.2) is 5.91 Å². The minimum atomic E-state index is -0.679. The molecule has 1 heterocycles. The maximum absolute atomic E-state index is 12.1. The van der Waals surface area contributed by atoms with E-state index in [2.05, 4.69) is 26.8 Å². The molecule has 0 aliphatic heterocycles. The van der Waals surface area contributed by atoms with Gasteiger partial charge in [-0.15, -0.1) is 0 Å². The van der Waals surface area contributed by atoms with Gasteiger partial charge in [0.1, 0.15) is 11.1 Å². The van der Waals surface area contributed by atoms with Crippen molar-refractivity contribution in [3.8, 4) is 0 Å². The highest BCUT2D eigenvalue weighted by Gasteiger charge is 2.13. The van der Waals surface area contributed by atoms with Gasteiger partial charge in [-0.25, -0.2) is 4.79 Å². The third kappa shape index (κ3) is 3.01. The van der Waals surface area contributed by atoms with Gasteiger partial charge in [0.2, 0.25) is 0 Å². The minimum Gasteiger partial charge on any atom is -0.422 e. The fourth-order valence-electron chi connectivity index (χ4n) is 1.97. The largest absolute Gasteiger partial charge is 0.422 e. The summed E-state index contributed by atoms with van der Waals surface area (Å²) in [6.07, 6.45) is 0. The highest BCUT2D eigenvalue weighted by molar-refractivity contribution is 9.10. The number of halogens is 1. The van der Waals surface area contributed by atoms with E-state index in [-0.39, 0.29) is 5.56 Å². The second-order valence-corrected chi connectivity index (χ2v) is 5.49. The van der Waals surface area contributed by atoms with Crippen LogP contribution in [0.5, 0.6) is 0 Å². The number of benzene rings is 2. The summed E-state index contributed by atoms with van der Waals surface area (Å²) >= 11 is 3.34. The summed E-state index contributed by atoms with van der Waals surface area (Å²) in [6.45, 7) is 0. The summed E-state index contributed by atoms with van der Waals surface area (Å²) in [5.41, 5.74) is 5.62. The summed E-state index contributed by atoms with van der Waals surface area (Å²) in [4.78, 5) is 24.0.